The molecule has 106 valence electrons. The average molecular weight is 359 g/mol. The summed E-state index contributed by atoms with van der Waals surface area (Å²) >= 11 is 9.13. The molecule has 5 heteroatoms. The van der Waals surface area contributed by atoms with Crippen LogP contribution < -0.4 is 10.5 Å². The quantitative estimate of drug-likeness (QED) is 0.859. The summed E-state index contributed by atoms with van der Waals surface area (Å²) in [5, 5.41) is 0.0654. The van der Waals surface area contributed by atoms with Gasteiger partial charge in [-0.05, 0) is 25.1 Å². The Morgan fingerprint density at radius 2 is 1.95 bits per heavy atom. The van der Waals surface area contributed by atoms with Crippen molar-refractivity contribution in [3.8, 4) is 5.75 Å². The normalized spacial score (nSPS) is 13.8. The molecule has 2 N–H and O–H groups in total. The minimum atomic E-state index is -0.514. The topological polar surface area (TPSA) is 35.2 Å². The van der Waals surface area contributed by atoms with Gasteiger partial charge in [0.2, 0.25) is 0 Å². The number of benzene rings is 2. The number of nitrogens with two attached hydrogens (primary N) is 1. The SMILES string of the molecule is CC(N)C(Oc1ccc(Cl)c(F)c1)c1ccccc1Br. The van der Waals surface area contributed by atoms with Crippen molar-refractivity contribution < 1.29 is 9.13 Å². The van der Waals surface area contributed by atoms with E-state index in [1.165, 1.54) is 12.1 Å². The van der Waals surface area contributed by atoms with E-state index in [1.54, 1.807) is 6.07 Å². The van der Waals surface area contributed by atoms with Gasteiger partial charge in [0.05, 0.1) is 5.02 Å². The molecule has 0 aliphatic heterocycles. The van der Waals surface area contributed by atoms with E-state index in [0.717, 1.165) is 10.0 Å². The molecule has 0 bridgehead atoms. The zero-order chi connectivity index (χ0) is 14.7. The lowest BCUT2D eigenvalue weighted by Crippen LogP contribution is -2.29. The second-order valence-corrected chi connectivity index (χ2v) is 5.76. The number of halogens is 3. The van der Waals surface area contributed by atoms with Gasteiger partial charge in [-0.1, -0.05) is 45.7 Å². The maximum Gasteiger partial charge on any atom is 0.145 e. The Morgan fingerprint density at radius 1 is 1.25 bits per heavy atom. The van der Waals surface area contributed by atoms with Gasteiger partial charge in [0.25, 0.3) is 0 Å². The van der Waals surface area contributed by atoms with Crippen LogP contribution >= 0.6 is 27.5 Å². The Bertz CT molecular complexity index is 606. The first-order chi connectivity index (χ1) is 9.49. The Labute approximate surface area is 130 Å². The molecule has 0 aliphatic rings. The number of ether oxygens (including phenoxy) is 1. The molecule has 2 nitrogen and oxygen atoms in total. The molecule has 0 saturated carbocycles. The van der Waals surface area contributed by atoms with Crippen LogP contribution in [0, 0.1) is 5.82 Å². The van der Waals surface area contributed by atoms with E-state index >= 15 is 0 Å². The van der Waals surface area contributed by atoms with Crippen LogP contribution in [0.4, 0.5) is 4.39 Å². The fraction of sp³-hybridized carbons (Fsp3) is 0.200. The van der Waals surface area contributed by atoms with E-state index in [0.29, 0.717) is 5.75 Å². The van der Waals surface area contributed by atoms with Crippen LogP contribution in [-0.4, -0.2) is 6.04 Å². The van der Waals surface area contributed by atoms with Gasteiger partial charge in [-0.2, -0.15) is 0 Å². The van der Waals surface area contributed by atoms with Crippen molar-refractivity contribution in [2.45, 2.75) is 19.1 Å². The van der Waals surface area contributed by atoms with E-state index < -0.39 is 5.82 Å². The van der Waals surface area contributed by atoms with Crippen molar-refractivity contribution in [2.75, 3.05) is 0 Å². The van der Waals surface area contributed by atoms with Crippen LogP contribution in [0.25, 0.3) is 0 Å². The lowest BCUT2D eigenvalue weighted by molar-refractivity contribution is 0.179. The molecule has 0 spiro atoms. The minimum Gasteiger partial charge on any atom is -0.484 e. The monoisotopic (exact) mass is 357 g/mol. The van der Waals surface area contributed by atoms with Crippen molar-refractivity contribution in [1.82, 2.24) is 0 Å². The Hall–Kier alpha value is -1.10. The first kappa shape index (κ1) is 15.3. The Kier molecular flexibility index (Phi) is 5.02. The zero-order valence-electron chi connectivity index (χ0n) is 10.8. The van der Waals surface area contributed by atoms with Crippen LogP contribution in [0.5, 0.6) is 5.75 Å². The summed E-state index contributed by atoms with van der Waals surface area (Å²) in [5.74, 6) is -0.121. The minimum absolute atomic E-state index is 0.0654. The fourth-order valence-corrected chi connectivity index (χ4v) is 2.48. The van der Waals surface area contributed by atoms with E-state index in [1.807, 2.05) is 31.2 Å². The molecule has 20 heavy (non-hydrogen) atoms. The number of hydrogen-bond donors (Lipinski definition) is 1. The van der Waals surface area contributed by atoms with Gasteiger partial charge in [0, 0.05) is 22.1 Å². The Morgan fingerprint density at radius 3 is 2.55 bits per heavy atom. The van der Waals surface area contributed by atoms with E-state index in [9.17, 15) is 4.39 Å². The van der Waals surface area contributed by atoms with E-state index in [4.69, 9.17) is 22.1 Å². The lowest BCUT2D eigenvalue weighted by atomic mass is 10.0. The van der Waals surface area contributed by atoms with E-state index in [2.05, 4.69) is 15.9 Å². The predicted molar refractivity (Wildman–Crippen MR) is 82.6 cm³/mol. The zero-order valence-corrected chi connectivity index (χ0v) is 13.2. The molecular weight excluding hydrogens is 345 g/mol. The molecule has 2 rings (SSSR count). The molecular formula is C15H14BrClFNO. The summed E-state index contributed by atoms with van der Waals surface area (Å²) < 4.78 is 20.2. The summed E-state index contributed by atoms with van der Waals surface area (Å²) in [6.07, 6.45) is -0.383. The second kappa shape index (κ2) is 6.57. The van der Waals surface area contributed by atoms with Gasteiger partial charge in [-0.3, -0.25) is 0 Å². The highest BCUT2D eigenvalue weighted by molar-refractivity contribution is 9.10. The first-order valence-corrected chi connectivity index (χ1v) is 7.28. The van der Waals surface area contributed by atoms with E-state index in [-0.39, 0.29) is 17.2 Å². The highest BCUT2D eigenvalue weighted by Crippen LogP contribution is 2.30. The summed E-state index contributed by atoms with van der Waals surface area (Å²) in [4.78, 5) is 0. The second-order valence-electron chi connectivity index (χ2n) is 4.49. The van der Waals surface area contributed by atoms with Gasteiger partial charge in [0.15, 0.2) is 0 Å². The van der Waals surface area contributed by atoms with Gasteiger partial charge < -0.3 is 10.5 Å². The third kappa shape index (κ3) is 3.51. The Balaban J connectivity index is 2.31. The fourth-order valence-electron chi connectivity index (χ4n) is 1.86. The summed E-state index contributed by atoms with van der Waals surface area (Å²) in [5.41, 5.74) is 6.90. The molecule has 2 unspecified atom stereocenters. The highest BCUT2D eigenvalue weighted by Gasteiger charge is 2.21. The van der Waals surface area contributed by atoms with Crippen molar-refractivity contribution in [3.63, 3.8) is 0 Å². The predicted octanol–water partition coefficient (Wildman–Crippen LogP) is 4.71. The van der Waals surface area contributed by atoms with Gasteiger partial charge >= 0.3 is 0 Å². The average Bonchev–Trinajstić information content (AvgIpc) is 2.41. The molecule has 0 aromatic heterocycles. The molecule has 2 aromatic rings. The number of rotatable bonds is 4. The smallest absolute Gasteiger partial charge is 0.145 e. The summed E-state index contributed by atoms with van der Waals surface area (Å²) in [6, 6.07) is 11.7. The molecule has 0 heterocycles. The summed E-state index contributed by atoms with van der Waals surface area (Å²) in [6.45, 7) is 1.84. The maximum absolute atomic E-state index is 13.5. The van der Waals surface area contributed by atoms with Crippen LogP contribution in [0.2, 0.25) is 5.02 Å². The third-order valence-electron chi connectivity index (χ3n) is 2.84. The molecule has 2 atom stereocenters. The van der Waals surface area contributed by atoms with Gasteiger partial charge in [0.1, 0.15) is 17.7 Å². The highest BCUT2D eigenvalue weighted by atomic mass is 79.9. The molecule has 0 fully saturated rings. The maximum atomic E-state index is 13.5. The van der Waals surface area contributed by atoms with Crippen LogP contribution in [-0.2, 0) is 0 Å². The van der Waals surface area contributed by atoms with Crippen LogP contribution in [0.3, 0.4) is 0 Å². The molecule has 0 amide bonds. The molecule has 0 saturated heterocycles. The third-order valence-corrected chi connectivity index (χ3v) is 3.87. The van der Waals surface area contributed by atoms with Crippen LogP contribution in [0.1, 0.15) is 18.6 Å². The van der Waals surface area contributed by atoms with Crippen molar-refractivity contribution in [2.24, 2.45) is 5.73 Å². The largest absolute Gasteiger partial charge is 0.484 e. The molecule has 0 aliphatic carbocycles. The molecule has 2 aromatic carbocycles. The van der Waals surface area contributed by atoms with Crippen molar-refractivity contribution in [1.29, 1.82) is 0 Å². The first-order valence-electron chi connectivity index (χ1n) is 6.10. The van der Waals surface area contributed by atoms with Gasteiger partial charge in [-0.15, -0.1) is 0 Å². The van der Waals surface area contributed by atoms with Crippen molar-refractivity contribution in [3.05, 3.63) is 63.3 Å². The standard InChI is InChI=1S/C15H14BrClFNO/c1-9(19)15(11-4-2-3-5-12(11)16)20-10-6-7-13(17)14(18)8-10/h2-9,15H,19H2,1H3. The lowest BCUT2D eigenvalue weighted by Gasteiger charge is -2.24. The van der Waals surface area contributed by atoms with Crippen molar-refractivity contribution >= 4 is 27.5 Å². The summed E-state index contributed by atoms with van der Waals surface area (Å²) in [7, 11) is 0. The van der Waals surface area contributed by atoms with Gasteiger partial charge in [-0.25, -0.2) is 4.39 Å². The number of hydrogen-bond acceptors (Lipinski definition) is 2. The van der Waals surface area contributed by atoms with Crippen LogP contribution in [0.15, 0.2) is 46.9 Å². The molecule has 0 radical (unpaired) electrons.